The van der Waals surface area contributed by atoms with E-state index in [1.165, 1.54) is 13.5 Å². The minimum Gasteiger partial charge on any atom is -0.404 e. The van der Waals surface area contributed by atoms with Crippen molar-refractivity contribution in [2.45, 2.75) is 26.6 Å². The van der Waals surface area contributed by atoms with Gasteiger partial charge in [0.15, 0.2) is 10.9 Å². The Labute approximate surface area is 246 Å². The fourth-order valence-electron chi connectivity index (χ4n) is 3.56. The third-order valence-electron chi connectivity index (χ3n) is 5.58. The molecule has 3 rings (SSSR count). The van der Waals surface area contributed by atoms with Crippen LogP contribution in [0.1, 0.15) is 36.2 Å². The zero-order valence-electron chi connectivity index (χ0n) is 23.8. The normalized spacial score (nSPS) is 14.5. The summed E-state index contributed by atoms with van der Waals surface area (Å²) in [7, 11) is 3.28. The lowest BCUT2D eigenvalue weighted by Gasteiger charge is -2.31. The molecule has 1 saturated heterocycles. The summed E-state index contributed by atoms with van der Waals surface area (Å²) in [6.45, 7) is 10.6. The number of hydrogen-bond donors (Lipinski definition) is 2. The molecule has 0 aromatic heterocycles. The minimum atomic E-state index is -5.04. The van der Waals surface area contributed by atoms with Crippen molar-refractivity contribution in [2.75, 3.05) is 52.1 Å². The number of benzene rings is 2. The Bertz CT molecular complexity index is 1280. The van der Waals surface area contributed by atoms with Crippen LogP contribution in [-0.2, 0) is 4.79 Å². The van der Waals surface area contributed by atoms with Gasteiger partial charge in [-0.2, -0.15) is 0 Å². The Morgan fingerprint density at radius 1 is 1.07 bits per heavy atom. The van der Waals surface area contributed by atoms with Crippen molar-refractivity contribution in [1.82, 2.24) is 15.1 Å². The number of piperazine rings is 1. The molecule has 14 heteroatoms. The number of amidine groups is 1. The summed E-state index contributed by atoms with van der Waals surface area (Å²) in [5.41, 5.74) is -0.605. The van der Waals surface area contributed by atoms with E-state index in [0.29, 0.717) is 13.1 Å². The van der Waals surface area contributed by atoms with Gasteiger partial charge in [-0.15, -0.1) is 13.2 Å². The Morgan fingerprint density at radius 3 is 2.31 bits per heavy atom. The molecular formula is C28H34F5N5O3S. The zero-order chi connectivity index (χ0) is 31.4. The molecule has 0 unspecified atom stereocenters. The summed E-state index contributed by atoms with van der Waals surface area (Å²) in [6, 6.07) is 5.84. The van der Waals surface area contributed by atoms with E-state index in [2.05, 4.69) is 45.7 Å². The van der Waals surface area contributed by atoms with Gasteiger partial charge in [0.25, 0.3) is 5.91 Å². The molecule has 0 radical (unpaired) electrons. The zero-order valence-corrected chi connectivity index (χ0v) is 24.6. The molecule has 2 N–H and O–H groups in total. The maximum Gasteiger partial charge on any atom is 0.573 e. The van der Waals surface area contributed by atoms with Crippen molar-refractivity contribution < 1.29 is 36.3 Å². The van der Waals surface area contributed by atoms with E-state index >= 15 is 0 Å². The Kier molecular flexibility index (Phi) is 13.4. The number of hydrogen-bond acceptors (Lipinski definition) is 7. The van der Waals surface area contributed by atoms with Crippen LogP contribution in [0.25, 0.3) is 4.91 Å². The molecule has 0 atom stereocenters. The summed E-state index contributed by atoms with van der Waals surface area (Å²) in [5.74, 6) is -3.48. The van der Waals surface area contributed by atoms with Gasteiger partial charge in [0.05, 0.1) is 12.2 Å². The number of carbonyl (C=O) groups excluding carboxylic acids is 2. The van der Waals surface area contributed by atoms with Crippen LogP contribution in [0.4, 0.5) is 27.6 Å². The summed E-state index contributed by atoms with van der Waals surface area (Å²) < 4.78 is 70.5. The van der Waals surface area contributed by atoms with Gasteiger partial charge in [0.2, 0.25) is 5.91 Å². The second kappa shape index (κ2) is 16.2. The van der Waals surface area contributed by atoms with E-state index in [1.54, 1.807) is 0 Å². The molecule has 0 bridgehead atoms. The van der Waals surface area contributed by atoms with Crippen LogP contribution in [0.3, 0.4) is 0 Å². The van der Waals surface area contributed by atoms with Crippen LogP contribution < -0.4 is 15.4 Å². The van der Waals surface area contributed by atoms with Crippen molar-refractivity contribution in [2.24, 2.45) is 4.99 Å². The largest absolute Gasteiger partial charge is 0.573 e. The lowest BCUT2D eigenvalue weighted by molar-refractivity contribution is -0.274. The number of anilines is 1. The predicted octanol–water partition coefficient (Wildman–Crippen LogP) is 5.59. The number of nitrogens with one attached hydrogen (secondary N) is 2. The Balaban J connectivity index is 0.00000197. The van der Waals surface area contributed by atoms with Crippen LogP contribution in [-0.4, -0.2) is 80.0 Å². The van der Waals surface area contributed by atoms with Gasteiger partial charge in [0.1, 0.15) is 11.6 Å². The monoisotopic (exact) mass is 615 g/mol. The second-order valence-corrected chi connectivity index (χ2v) is 10.3. The molecule has 1 heterocycles. The highest BCUT2D eigenvalue weighted by atomic mass is 32.2. The van der Waals surface area contributed by atoms with Crippen molar-refractivity contribution in [3.63, 3.8) is 0 Å². The Hall–Kier alpha value is -3.49. The SMILES string of the molecule is C=C(SC(=NC)NC(=O)c1ccc(OC(F)(F)F)c(NC(=O)CN2CCN(C)CC2)c1)c1cc(F)ccc1F.CCC. The number of nitrogens with zero attached hydrogens (tertiary/aromatic N) is 3. The van der Waals surface area contributed by atoms with E-state index in [-0.39, 0.29) is 33.4 Å². The van der Waals surface area contributed by atoms with Gasteiger partial charge in [-0.25, -0.2) is 8.78 Å². The predicted molar refractivity (Wildman–Crippen MR) is 155 cm³/mol. The highest BCUT2D eigenvalue weighted by molar-refractivity contribution is 8.21. The summed E-state index contributed by atoms with van der Waals surface area (Å²) in [4.78, 5) is 33.4. The van der Waals surface area contributed by atoms with Gasteiger partial charge in [-0.05, 0) is 43.4 Å². The molecule has 2 aromatic rings. The molecular weight excluding hydrogens is 581 g/mol. The van der Waals surface area contributed by atoms with Crippen molar-refractivity contribution >= 4 is 39.3 Å². The molecule has 1 aliphatic rings. The third kappa shape index (κ3) is 11.4. The molecule has 0 saturated carbocycles. The average Bonchev–Trinajstić information content (AvgIpc) is 2.91. The number of alkyl halides is 3. The first kappa shape index (κ1) is 34.7. The molecule has 2 amide bonds. The van der Waals surface area contributed by atoms with Crippen LogP contribution >= 0.6 is 11.8 Å². The van der Waals surface area contributed by atoms with E-state index in [0.717, 1.165) is 61.2 Å². The first-order valence-electron chi connectivity index (χ1n) is 13.0. The average molecular weight is 616 g/mol. The van der Waals surface area contributed by atoms with Crippen molar-refractivity contribution in [3.05, 3.63) is 65.7 Å². The number of ether oxygens (including phenoxy) is 1. The highest BCUT2D eigenvalue weighted by Crippen LogP contribution is 2.32. The smallest absolute Gasteiger partial charge is 0.404 e. The molecule has 2 aromatic carbocycles. The molecule has 1 fully saturated rings. The van der Waals surface area contributed by atoms with Gasteiger partial charge in [-0.1, -0.05) is 38.6 Å². The molecule has 0 aliphatic carbocycles. The number of thioether (sulfide) groups is 1. The summed E-state index contributed by atoms with van der Waals surface area (Å²) in [6.07, 6.45) is -3.79. The number of halogens is 5. The van der Waals surface area contributed by atoms with E-state index in [9.17, 15) is 31.5 Å². The van der Waals surface area contributed by atoms with E-state index in [4.69, 9.17) is 0 Å². The van der Waals surface area contributed by atoms with Crippen LogP contribution in [0.2, 0.25) is 0 Å². The number of likely N-dealkylation sites (N-methyl/N-ethyl adjacent to an activating group) is 1. The quantitative estimate of drug-likeness (QED) is 0.240. The first-order valence-corrected chi connectivity index (χ1v) is 13.8. The number of carbonyl (C=O) groups is 2. The lowest BCUT2D eigenvalue weighted by atomic mass is 10.1. The van der Waals surface area contributed by atoms with Crippen LogP contribution in [0.5, 0.6) is 5.75 Å². The van der Waals surface area contributed by atoms with Crippen LogP contribution in [0, 0.1) is 11.6 Å². The summed E-state index contributed by atoms with van der Waals surface area (Å²) >= 11 is 0.754. The third-order valence-corrected chi connectivity index (χ3v) is 6.52. The molecule has 8 nitrogen and oxygen atoms in total. The van der Waals surface area contributed by atoms with Gasteiger partial charge in [-0.3, -0.25) is 19.5 Å². The van der Waals surface area contributed by atoms with E-state index in [1.807, 2.05) is 11.9 Å². The highest BCUT2D eigenvalue weighted by Gasteiger charge is 2.33. The van der Waals surface area contributed by atoms with Gasteiger partial charge < -0.3 is 20.3 Å². The second-order valence-electron chi connectivity index (χ2n) is 9.23. The number of aliphatic imine (C=N–C) groups is 1. The van der Waals surface area contributed by atoms with Gasteiger partial charge >= 0.3 is 6.36 Å². The summed E-state index contributed by atoms with van der Waals surface area (Å²) in [5, 5.41) is 4.80. The van der Waals surface area contributed by atoms with Crippen molar-refractivity contribution in [1.29, 1.82) is 0 Å². The Morgan fingerprint density at radius 2 is 1.71 bits per heavy atom. The van der Waals surface area contributed by atoms with Crippen molar-refractivity contribution in [3.8, 4) is 5.75 Å². The van der Waals surface area contributed by atoms with E-state index < -0.39 is 35.6 Å². The maximum atomic E-state index is 14.1. The topological polar surface area (TPSA) is 86.3 Å². The maximum absolute atomic E-state index is 14.1. The molecule has 1 aliphatic heterocycles. The molecule has 230 valence electrons. The lowest BCUT2D eigenvalue weighted by Crippen LogP contribution is -2.47. The standard InChI is InChI=1S/C25H26F5N5O3S.C3H8/c1-15(18-13-17(26)5-6-19(18)27)39-24(31-2)33-23(37)16-4-7-21(38-25(28,29)30)20(12-16)32-22(36)14-35-10-8-34(3)9-11-35;1-3-2/h4-7,12-13H,1,8-11,14H2,2-3H3,(H,32,36)(H,31,33,37);3H2,1-2H3. The number of rotatable bonds is 7. The van der Waals surface area contributed by atoms with Crippen LogP contribution in [0.15, 0.2) is 48.0 Å². The fourth-order valence-corrected chi connectivity index (χ4v) is 4.30. The molecule has 42 heavy (non-hydrogen) atoms. The first-order chi connectivity index (χ1) is 19.8. The number of amides is 2. The van der Waals surface area contributed by atoms with Gasteiger partial charge in [0, 0.05) is 49.3 Å². The fraction of sp³-hybridized carbons (Fsp3) is 0.393. The minimum absolute atomic E-state index is 0.0371. The molecule has 0 spiro atoms.